The summed E-state index contributed by atoms with van der Waals surface area (Å²) in [5, 5.41) is 3.51. The Bertz CT molecular complexity index is 426. The molecule has 0 radical (unpaired) electrons. The van der Waals surface area contributed by atoms with Gasteiger partial charge in [0.1, 0.15) is 12.1 Å². The minimum Gasteiger partial charge on any atom is -0.356 e. The van der Waals surface area contributed by atoms with Crippen molar-refractivity contribution in [3.8, 4) is 0 Å². The van der Waals surface area contributed by atoms with Gasteiger partial charge in [-0.15, -0.1) is 0 Å². The van der Waals surface area contributed by atoms with Crippen LogP contribution < -0.4 is 10.2 Å². The van der Waals surface area contributed by atoms with E-state index in [1.807, 2.05) is 0 Å². The number of rotatable bonds is 4. The van der Waals surface area contributed by atoms with Crippen LogP contribution in [-0.4, -0.2) is 36.1 Å². The highest BCUT2D eigenvalue weighted by molar-refractivity contribution is 5.50. The van der Waals surface area contributed by atoms with Crippen molar-refractivity contribution in [3.63, 3.8) is 0 Å². The molecule has 1 saturated heterocycles. The zero-order chi connectivity index (χ0) is 13.1. The number of hydrogen-bond acceptors (Lipinski definition) is 4. The van der Waals surface area contributed by atoms with Crippen molar-refractivity contribution >= 4 is 5.82 Å². The summed E-state index contributed by atoms with van der Waals surface area (Å²) in [4.78, 5) is 11.5. The Labute approximate surface area is 115 Å². The maximum absolute atomic E-state index is 4.58. The van der Waals surface area contributed by atoms with Gasteiger partial charge in [0.2, 0.25) is 0 Å². The van der Waals surface area contributed by atoms with Crippen molar-refractivity contribution in [3.05, 3.63) is 17.6 Å². The number of hydrogen-bond donors (Lipinski definition) is 1. The van der Waals surface area contributed by atoms with Crippen LogP contribution in [0.3, 0.4) is 0 Å². The van der Waals surface area contributed by atoms with Crippen LogP contribution in [-0.2, 0) is 12.8 Å². The molecule has 1 aliphatic heterocycles. The molecule has 0 bridgehead atoms. The second kappa shape index (κ2) is 5.87. The summed E-state index contributed by atoms with van der Waals surface area (Å²) in [6.07, 6.45) is 7.93. The zero-order valence-electron chi connectivity index (χ0n) is 11.9. The first-order chi connectivity index (χ1) is 9.38. The maximum Gasteiger partial charge on any atom is 0.135 e. The van der Waals surface area contributed by atoms with Gasteiger partial charge < -0.3 is 10.2 Å². The highest BCUT2D eigenvalue weighted by atomic mass is 15.2. The summed E-state index contributed by atoms with van der Waals surface area (Å²) in [6.45, 7) is 6.75. The quantitative estimate of drug-likeness (QED) is 0.896. The number of aromatic nitrogens is 2. The molecule has 1 unspecified atom stereocenters. The molecule has 4 nitrogen and oxygen atoms in total. The second-order valence-corrected chi connectivity index (χ2v) is 5.73. The first-order valence-electron chi connectivity index (χ1n) is 7.67. The van der Waals surface area contributed by atoms with E-state index in [4.69, 9.17) is 0 Å². The number of aryl methyl sites for hydroxylation is 1. The Morgan fingerprint density at radius 3 is 3.05 bits per heavy atom. The monoisotopic (exact) mass is 260 g/mol. The van der Waals surface area contributed by atoms with E-state index in [9.17, 15) is 0 Å². The van der Waals surface area contributed by atoms with Gasteiger partial charge in [0.25, 0.3) is 0 Å². The molecule has 3 rings (SSSR count). The number of piperidine rings is 1. The lowest BCUT2D eigenvalue weighted by Crippen LogP contribution is -2.39. The zero-order valence-corrected chi connectivity index (χ0v) is 11.9. The molecule has 1 fully saturated rings. The van der Waals surface area contributed by atoms with Crippen LogP contribution in [0.5, 0.6) is 0 Å². The predicted octanol–water partition coefficient (Wildman–Crippen LogP) is 1.79. The molecule has 2 aliphatic rings. The van der Waals surface area contributed by atoms with Crippen LogP contribution in [0.4, 0.5) is 5.82 Å². The highest BCUT2D eigenvalue weighted by Crippen LogP contribution is 2.28. The third-order valence-electron chi connectivity index (χ3n) is 4.41. The fourth-order valence-corrected chi connectivity index (χ4v) is 3.37. The average molecular weight is 260 g/mol. The molecular formula is C15H24N4. The van der Waals surface area contributed by atoms with E-state index in [-0.39, 0.29) is 0 Å². The minimum atomic E-state index is 0.765. The number of anilines is 1. The molecular weight excluding hydrogens is 236 g/mol. The molecule has 1 aromatic heterocycles. The Balaban J connectivity index is 1.76. The Morgan fingerprint density at radius 2 is 2.26 bits per heavy atom. The van der Waals surface area contributed by atoms with E-state index in [2.05, 4.69) is 27.1 Å². The van der Waals surface area contributed by atoms with Crippen LogP contribution in [0.15, 0.2) is 6.33 Å². The first kappa shape index (κ1) is 12.9. The van der Waals surface area contributed by atoms with E-state index < -0.39 is 0 Å². The molecule has 2 heterocycles. The number of nitrogens with one attached hydrogen (secondary N) is 1. The summed E-state index contributed by atoms with van der Waals surface area (Å²) in [5.41, 5.74) is 2.69. The van der Waals surface area contributed by atoms with Crippen LogP contribution in [0, 0.1) is 5.92 Å². The normalized spacial score (nSPS) is 22.3. The van der Waals surface area contributed by atoms with Gasteiger partial charge in [0.05, 0.1) is 0 Å². The van der Waals surface area contributed by atoms with Gasteiger partial charge in [0.15, 0.2) is 0 Å². The van der Waals surface area contributed by atoms with Gasteiger partial charge >= 0.3 is 0 Å². The molecule has 0 aromatic carbocycles. The summed E-state index contributed by atoms with van der Waals surface area (Å²) in [5.74, 6) is 1.97. The van der Waals surface area contributed by atoms with Gasteiger partial charge in [-0.05, 0) is 58.0 Å². The smallest absolute Gasteiger partial charge is 0.135 e. The van der Waals surface area contributed by atoms with Crippen molar-refractivity contribution in [2.75, 3.05) is 31.1 Å². The van der Waals surface area contributed by atoms with Crippen LogP contribution in [0.2, 0.25) is 0 Å². The fraction of sp³-hybridized carbons (Fsp3) is 0.733. The average Bonchev–Trinajstić information content (AvgIpc) is 2.94. The van der Waals surface area contributed by atoms with Crippen LogP contribution in [0.25, 0.3) is 0 Å². The van der Waals surface area contributed by atoms with E-state index >= 15 is 0 Å². The topological polar surface area (TPSA) is 41.0 Å². The largest absolute Gasteiger partial charge is 0.356 e. The molecule has 1 aromatic rings. The van der Waals surface area contributed by atoms with Crippen molar-refractivity contribution in [2.24, 2.45) is 5.92 Å². The SMILES string of the molecule is CCN(CC1CCCNC1)c1ncnc2c1CCC2. The minimum absolute atomic E-state index is 0.765. The van der Waals surface area contributed by atoms with Crippen LogP contribution in [0.1, 0.15) is 37.4 Å². The molecule has 0 spiro atoms. The standard InChI is InChI=1S/C15H24N4/c1-2-19(10-12-5-4-8-16-9-12)15-13-6-3-7-14(13)17-11-18-15/h11-12,16H,2-10H2,1H3. The summed E-state index contributed by atoms with van der Waals surface area (Å²) in [7, 11) is 0. The number of fused-ring (bicyclic) bond motifs is 1. The van der Waals surface area contributed by atoms with Gasteiger partial charge in [0, 0.05) is 24.3 Å². The van der Waals surface area contributed by atoms with Gasteiger partial charge in [-0.2, -0.15) is 0 Å². The molecule has 0 amide bonds. The Morgan fingerprint density at radius 1 is 1.32 bits per heavy atom. The lowest BCUT2D eigenvalue weighted by atomic mass is 9.99. The molecule has 1 N–H and O–H groups in total. The Kier molecular flexibility index (Phi) is 3.97. The predicted molar refractivity (Wildman–Crippen MR) is 77.5 cm³/mol. The summed E-state index contributed by atoms with van der Waals surface area (Å²) in [6, 6.07) is 0. The highest BCUT2D eigenvalue weighted by Gasteiger charge is 2.23. The van der Waals surface area contributed by atoms with E-state index in [0.29, 0.717) is 0 Å². The van der Waals surface area contributed by atoms with Gasteiger partial charge in [-0.3, -0.25) is 0 Å². The van der Waals surface area contributed by atoms with Crippen molar-refractivity contribution < 1.29 is 0 Å². The molecule has 0 saturated carbocycles. The number of nitrogens with zero attached hydrogens (tertiary/aromatic N) is 3. The third-order valence-corrected chi connectivity index (χ3v) is 4.41. The Hall–Kier alpha value is -1.16. The third kappa shape index (κ3) is 2.73. The molecule has 1 atom stereocenters. The van der Waals surface area contributed by atoms with Crippen molar-refractivity contribution in [2.45, 2.75) is 39.0 Å². The molecule has 104 valence electrons. The van der Waals surface area contributed by atoms with Gasteiger partial charge in [-0.1, -0.05) is 0 Å². The van der Waals surface area contributed by atoms with E-state index in [0.717, 1.165) is 38.4 Å². The molecule has 1 aliphatic carbocycles. The fourth-order valence-electron chi connectivity index (χ4n) is 3.37. The first-order valence-corrected chi connectivity index (χ1v) is 7.67. The van der Waals surface area contributed by atoms with E-state index in [1.54, 1.807) is 6.33 Å². The lowest BCUT2D eigenvalue weighted by molar-refractivity contribution is 0.377. The second-order valence-electron chi connectivity index (χ2n) is 5.73. The maximum atomic E-state index is 4.58. The van der Waals surface area contributed by atoms with Gasteiger partial charge in [-0.25, -0.2) is 9.97 Å². The van der Waals surface area contributed by atoms with Crippen molar-refractivity contribution in [1.82, 2.24) is 15.3 Å². The van der Waals surface area contributed by atoms with E-state index in [1.165, 1.54) is 42.9 Å². The lowest BCUT2D eigenvalue weighted by Gasteiger charge is -2.31. The summed E-state index contributed by atoms with van der Waals surface area (Å²) < 4.78 is 0. The van der Waals surface area contributed by atoms with Crippen LogP contribution >= 0.6 is 0 Å². The summed E-state index contributed by atoms with van der Waals surface area (Å²) >= 11 is 0. The molecule has 19 heavy (non-hydrogen) atoms. The molecule has 4 heteroatoms. The van der Waals surface area contributed by atoms with Crippen molar-refractivity contribution in [1.29, 1.82) is 0 Å².